The third-order valence-electron chi connectivity index (χ3n) is 3.62. The first kappa shape index (κ1) is 19.4. The molecule has 9 heteroatoms. The second kappa shape index (κ2) is 7.52. The Morgan fingerprint density at radius 3 is 2.27 bits per heavy atom. The zero-order valence-corrected chi connectivity index (χ0v) is 15.3. The molecule has 2 aromatic carbocycles. The molecule has 0 saturated heterocycles. The Morgan fingerprint density at radius 1 is 1.15 bits per heavy atom. The zero-order chi connectivity index (χ0) is 19.5. The van der Waals surface area contributed by atoms with E-state index < -0.39 is 38.0 Å². The first-order chi connectivity index (χ1) is 12.2. The normalized spacial score (nSPS) is 11.0. The third kappa shape index (κ3) is 3.99. The number of ether oxygens (including phenoxy) is 1. The predicted molar refractivity (Wildman–Crippen MR) is 95.6 cm³/mol. The molecule has 0 aromatic heterocycles. The van der Waals surface area contributed by atoms with Gasteiger partial charge in [0.2, 0.25) is 0 Å². The smallest absolute Gasteiger partial charge is 0.326 e. The van der Waals surface area contributed by atoms with Crippen LogP contribution >= 0.6 is 0 Å². The summed E-state index contributed by atoms with van der Waals surface area (Å²) in [7, 11) is -3.24. The second-order valence-electron chi connectivity index (χ2n) is 5.66. The maximum Gasteiger partial charge on any atom is 0.326 e. The summed E-state index contributed by atoms with van der Waals surface area (Å²) in [6, 6.07) is 10.0. The number of rotatable bonds is 6. The molecular formula is C17H18N2O6S. The molecular weight excluding hydrogens is 360 g/mol. The number of nitro benzene ring substituents is 1. The maximum absolute atomic E-state index is 13.1. The summed E-state index contributed by atoms with van der Waals surface area (Å²) in [6.07, 6.45) is 0. The van der Waals surface area contributed by atoms with Gasteiger partial charge in [-0.1, -0.05) is 18.2 Å². The number of sulfonamides is 1. The van der Waals surface area contributed by atoms with E-state index in [1.54, 1.807) is 26.0 Å². The summed E-state index contributed by atoms with van der Waals surface area (Å²) in [4.78, 5) is 21.8. The number of nitrogens with zero attached hydrogens (tertiary/aromatic N) is 2. The molecule has 0 amide bonds. The Labute approximate surface area is 151 Å². The highest BCUT2D eigenvalue weighted by Crippen LogP contribution is 2.30. The van der Waals surface area contributed by atoms with Crippen molar-refractivity contribution in [2.24, 2.45) is 0 Å². The topological polar surface area (TPSA) is 107 Å². The molecule has 0 spiro atoms. The molecule has 2 rings (SSSR count). The van der Waals surface area contributed by atoms with Crippen molar-refractivity contribution >= 4 is 27.4 Å². The molecule has 0 aliphatic rings. The number of methoxy groups -OCH3 is 1. The van der Waals surface area contributed by atoms with Crippen LogP contribution in [0.15, 0.2) is 47.4 Å². The number of aryl methyl sites for hydroxylation is 2. The Bertz CT molecular complexity index is 935. The lowest BCUT2D eigenvalue weighted by Crippen LogP contribution is -2.36. The fourth-order valence-electron chi connectivity index (χ4n) is 2.54. The number of hydrogen-bond acceptors (Lipinski definition) is 6. The van der Waals surface area contributed by atoms with E-state index in [1.165, 1.54) is 12.1 Å². The van der Waals surface area contributed by atoms with Gasteiger partial charge in [0.1, 0.15) is 6.54 Å². The van der Waals surface area contributed by atoms with Crippen molar-refractivity contribution in [2.75, 3.05) is 18.0 Å². The molecule has 0 N–H and O–H groups in total. The predicted octanol–water partition coefficient (Wildman–Crippen LogP) is 2.58. The van der Waals surface area contributed by atoms with E-state index in [-0.39, 0.29) is 5.69 Å². The molecule has 0 saturated carbocycles. The van der Waals surface area contributed by atoms with Crippen LogP contribution in [-0.2, 0) is 19.6 Å². The van der Waals surface area contributed by atoms with Gasteiger partial charge in [-0.3, -0.25) is 19.2 Å². The number of carbonyl (C=O) groups excluding carboxylic acids is 1. The lowest BCUT2D eigenvalue weighted by Gasteiger charge is -2.24. The highest BCUT2D eigenvalue weighted by molar-refractivity contribution is 7.93. The van der Waals surface area contributed by atoms with Crippen molar-refractivity contribution in [3.63, 3.8) is 0 Å². The van der Waals surface area contributed by atoms with Crippen LogP contribution in [0.4, 0.5) is 11.4 Å². The van der Waals surface area contributed by atoms with Crippen LogP contribution in [0.1, 0.15) is 11.1 Å². The first-order valence-electron chi connectivity index (χ1n) is 7.58. The van der Waals surface area contributed by atoms with Gasteiger partial charge in [-0.05, 0) is 43.2 Å². The summed E-state index contributed by atoms with van der Waals surface area (Å²) in [5.41, 5.74) is 1.23. The van der Waals surface area contributed by atoms with Crippen molar-refractivity contribution in [1.82, 2.24) is 0 Å². The largest absolute Gasteiger partial charge is 0.468 e. The highest BCUT2D eigenvalue weighted by atomic mass is 32.2. The van der Waals surface area contributed by atoms with Crippen LogP contribution in [0.5, 0.6) is 0 Å². The van der Waals surface area contributed by atoms with E-state index in [1.807, 2.05) is 6.07 Å². The molecule has 26 heavy (non-hydrogen) atoms. The van der Waals surface area contributed by atoms with Crippen molar-refractivity contribution in [1.29, 1.82) is 0 Å². The van der Waals surface area contributed by atoms with Crippen LogP contribution in [-0.4, -0.2) is 33.0 Å². The number of anilines is 1. The minimum absolute atomic E-state index is 0.228. The number of carbonyl (C=O) groups is 1. The van der Waals surface area contributed by atoms with Crippen LogP contribution in [0, 0.1) is 24.0 Å². The van der Waals surface area contributed by atoms with Gasteiger partial charge in [0.15, 0.2) is 4.90 Å². The van der Waals surface area contributed by atoms with Gasteiger partial charge in [-0.2, -0.15) is 0 Å². The minimum atomic E-state index is -4.38. The lowest BCUT2D eigenvalue weighted by molar-refractivity contribution is -0.387. The minimum Gasteiger partial charge on any atom is -0.468 e. The second-order valence-corrected chi connectivity index (χ2v) is 7.49. The molecule has 0 fully saturated rings. The Kier molecular flexibility index (Phi) is 5.61. The SMILES string of the molecule is COC(=O)CN(c1cc(C)cc(C)c1)S(=O)(=O)c1ccccc1[N+](=O)[O-]. The van der Waals surface area contributed by atoms with Gasteiger partial charge in [0.05, 0.1) is 17.7 Å². The van der Waals surface area contributed by atoms with E-state index in [0.717, 1.165) is 34.7 Å². The number of nitro groups is 1. The average molecular weight is 378 g/mol. The maximum atomic E-state index is 13.1. The van der Waals surface area contributed by atoms with Gasteiger partial charge in [0, 0.05) is 6.07 Å². The molecule has 8 nitrogen and oxygen atoms in total. The molecule has 138 valence electrons. The van der Waals surface area contributed by atoms with E-state index in [4.69, 9.17) is 0 Å². The highest BCUT2D eigenvalue weighted by Gasteiger charge is 2.33. The van der Waals surface area contributed by atoms with E-state index in [0.29, 0.717) is 0 Å². The van der Waals surface area contributed by atoms with E-state index in [9.17, 15) is 23.3 Å². The summed E-state index contributed by atoms with van der Waals surface area (Å²) in [5.74, 6) is -0.786. The molecule has 0 aliphatic heterocycles. The molecule has 0 unspecified atom stereocenters. The molecule has 0 atom stereocenters. The zero-order valence-electron chi connectivity index (χ0n) is 14.5. The molecule has 0 aliphatic carbocycles. The van der Waals surface area contributed by atoms with Crippen molar-refractivity contribution < 1.29 is 22.9 Å². The lowest BCUT2D eigenvalue weighted by atomic mass is 10.1. The Hall–Kier alpha value is -2.94. The standard InChI is InChI=1S/C17H18N2O6S/c1-12-8-13(2)10-14(9-12)18(11-17(20)25-3)26(23,24)16-7-5-4-6-15(16)19(21)22/h4-10H,11H2,1-3H3. The van der Waals surface area contributed by atoms with Gasteiger partial charge in [-0.15, -0.1) is 0 Å². The van der Waals surface area contributed by atoms with Gasteiger partial charge < -0.3 is 4.74 Å². The molecule has 0 radical (unpaired) electrons. The molecule has 2 aromatic rings. The fraction of sp³-hybridized carbons (Fsp3) is 0.235. The van der Waals surface area contributed by atoms with Crippen molar-refractivity contribution in [3.05, 3.63) is 63.7 Å². The van der Waals surface area contributed by atoms with Crippen LogP contribution in [0.2, 0.25) is 0 Å². The molecule has 0 bridgehead atoms. The van der Waals surface area contributed by atoms with Crippen molar-refractivity contribution in [3.8, 4) is 0 Å². The number of esters is 1. The number of para-hydroxylation sites is 1. The summed E-state index contributed by atoms with van der Waals surface area (Å²) in [5, 5.41) is 11.2. The summed E-state index contributed by atoms with van der Waals surface area (Å²) >= 11 is 0. The summed E-state index contributed by atoms with van der Waals surface area (Å²) < 4.78 is 31.7. The van der Waals surface area contributed by atoms with Crippen LogP contribution in [0.3, 0.4) is 0 Å². The third-order valence-corrected chi connectivity index (χ3v) is 5.45. The van der Waals surface area contributed by atoms with Crippen LogP contribution < -0.4 is 4.31 Å². The average Bonchev–Trinajstić information content (AvgIpc) is 2.58. The summed E-state index contributed by atoms with van der Waals surface area (Å²) in [6.45, 7) is 2.96. The number of hydrogen-bond donors (Lipinski definition) is 0. The van der Waals surface area contributed by atoms with E-state index in [2.05, 4.69) is 4.74 Å². The van der Waals surface area contributed by atoms with E-state index >= 15 is 0 Å². The van der Waals surface area contributed by atoms with Crippen molar-refractivity contribution in [2.45, 2.75) is 18.7 Å². The number of benzene rings is 2. The van der Waals surface area contributed by atoms with Gasteiger partial charge >= 0.3 is 5.97 Å². The van der Waals surface area contributed by atoms with Crippen LogP contribution in [0.25, 0.3) is 0 Å². The quantitative estimate of drug-likeness (QED) is 0.434. The Balaban J connectivity index is 2.68. The fourth-order valence-corrected chi connectivity index (χ4v) is 4.09. The van der Waals surface area contributed by atoms with Gasteiger partial charge in [0.25, 0.3) is 15.7 Å². The monoisotopic (exact) mass is 378 g/mol. The Morgan fingerprint density at radius 2 is 1.73 bits per heavy atom. The first-order valence-corrected chi connectivity index (χ1v) is 9.02. The molecule has 0 heterocycles. The van der Waals surface area contributed by atoms with Gasteiger partial charge in [-0.25, -0.2) is 8.42 Å².